The fraction of sp³-hybridized carbons (Fsp3) is 0.0874. The Kier molecular flexibility index (Phi) is 36.0. The largest absolute Gasteiger partial charge is 0.368 e. The number of benzene rings is 8. The van der Waals surface area contributed by atoms with Gasteiger partial charge in [0.15, 0.2) is 15.5 Å². The lowest BCUT2D eigenvalue weighted by molar-refractivity contribution is -0.160. The summed E-state index contributed by atoms with van der Waals surface area (Å²) in [7, 11) is 1.32. The lowest BCUT2D eigenvalue weighted by Gasteiger charge is -2.15. The topological polar surface area (TPSA) is 237 Å². The Bertz CT molecular complexity index is 7520. The van der Waals surface area contributed by atoms with Gasteiger partial charge < -0.3 is 14.2 Å². The van der Waals surface area contributed by atoms with Crippen LogP contribution in [0.4, 0.5) is 35.1 Å². The minimum atomic E-state index is -0.835. The first-order chi connectivity index (χ1) is 65.6. The van der Waals surface area contributed by atoms with Gasteiger partial charge in [-0.3, -0.25) is 23.1 Å². The molecule has 0 saturated carbocycles. The number of rotatable bonds is 21. The van der Waals surface area contributed by atoms with E-state index < -0.39 is 70.2 Å². The molecule has 0 fully saturated rings. The van der Waals surface area contributed by atoms with E-state index in [-0.39, 0.29) is 95.9 Å². The Morgan fingerprint density at radius 2 is 0.620 bits per heavy atom. The van der Waals surface area contributed by atoms with Crippen molar-refractivity contribution in [1.29, 1.82) is 0 Å². The summed E-state index contributed by atoms with van der Waals surface area (Å²) >= 11 is 10.8. The van der Waals surface area contributed by atoms with Gasteiger partial charge in [-0.05, 0) is 159 Å². The van der Waals surface area contributed by atoms with Crippen molar-refractivity contribution in [3.63, 3.8) is 0 Å². The number of hydrogen-bond donors (Lipinski definition) is 0. The van der Waals surface area contributed by atoms with E-state index in [1.54, 1.807) is 173 Å². The summed E-state index contributed by atoms with van der Waals surface area (Å²) in [5, 5.41) is 3.66. The predicted molar refractivity (Wildman–Crippen MR) is 528 cm³/mol. The van der Waals surface area contributed by atoms with Crippen LogP contribution in [0, 0.1) is 118 Å². The zero-order chi connectivity index (χ0) is 95.6. The number of esters is 3. The van der Waals surface area contributed by atoms with E-state index in [1.165, 1.54) is 122 Å². The van der Waals surface area contributed by atoms with Crippen LogP contribution in [-0.4, -0.2) is 108 Å². The van der Waals surface area contributed by atoms with Gasteiger partial charge in [0.2, 0.25) is 10.9 Å². The molecular formula is C103H83ClF8N12O9S4. The molecule has 0 saturated heterocycles. The highest BCUT2D eigenvalue weighted by Crippen LogP contribution is 2.40. The van der Waals surface area contributed by atoms with Crippen LogP contribution < -0.4 is 0 Å². The van der Waals surface area contributed by atoms with Gasteiger partial charge in [-0.2, -0.15) is 4.33 Å². The lowest BCUT2D eigenvalue weighted by Crippen LogP contribution is -2.12. The third-order valence-electron chi connectivity index (χ3n) is 18.8. The van der Waals surface area contributed by atoms with Crippen molar-refractivity contribution in [3.05, 3.63) is 352 Å². The summed E-state index contributed by atoms with van der Waals surface area (Å²) in [6, 6.07) is 53.9. The zero-order valence-corrected chi connectivity index (χ0v) is 75.3. The van der Waals surface area contributed by atoms with Crippen LogP contribution >= 0.6 is 58.9 Å². The van der Waals surface area contributed by atoms with E-state index in [4.69, 9.17) is 30.1 Å². The van der Waals surface area contributed by atoms with E-state index in [1.807, 2.05) is 12.1 Å². The average Bonchev–Trinajstić information content (AvgIpc) is 1.61. The number of carbonyl (C=O) groups is 4. The normalized spacial score (nSPS) is 10.7. The van der Waals surface area contributed by atoms with Gasteiger partial charge in [0, 0.05) is 113 Å². The number of aromatic nitrogens is 12. The van der Waals surface area contributed by atoms with Crippen molar-refractivity contribution in [2.24, 2.45) is 0 Å². The quantitative estimate of drug-likeness (QED) is 0.00555. The molecule has 0 bridgehead atoms. The summed E-state index contributed by atoms with van der Waals surface area (Å²) in [4.78, 5) is 90.4. The zero-order valence-electron chi connectivity index (χ0n) is 71.3. The van der Waals surface area contributed by atoms with Gasteiger partial charge in [-0.1, -0.05) is 207 Å². The molecule has 8 aromatic carbocycles. The second-order valence-electron chi connectivity index (χ2n) is 27.0. The maximum absolute atomic E-state index is 15.1. The number of para-hydroxylation sites is 4. The van der Waals surface area contributed by atoms with Crippen LogP contribution in [0.2, 0.25) is 5.02 Å². The highest BCUT2D eigenvalue weighted by Gasteiger charge is 2.30. The Balaban J connectivity index is 0.000000331. The molecule has 0 aliphatic carbocycles. The van der Waals surface area contributed by atoms with Gasteiger partial charge >= 0.3 is 17.9 Å². The Morgan fingerprint density at radius 1 is 0.358 bits per heavy atom. The van der Waals surface area contributed by atoms with Crippen molar-refractivity contribution in [1.82, 2.24) is 58.1 Å². The second kappa shape index (κ2) is 48.6. The van der Waals surface area contributed by atoms with Crippen LogP contribution in [0.15, 0.2) is 276 Å². The number of hydrogen-bond acceptors (Lipinski definition) is 21. The SMILES string of the molecule is C.C.CC#CC#COC(=O)/C=C(/c1ccccc1)c1cc2cnc(SC)nc2n1-c1c(F)cccc1F.CC#CC#COC(=O)/C=C(/c1ccccc1)c1cc2cnc(SC)nc2n1-c1c(F)cccc1F.CC#CC#COC(=O)/C=C(/c1ccccc1)c1cc2cnc(SOOC)nc2n1-c1c(F)cccc1F.CSc1ncc2cc(C(=O)c3ccccc3Cl)n(-c3c(F)cccc3F)c2n1.[HH].[HH].[HH].[HH].[HH].[HH]. The molecule has 0 radical (unpaired) electrons. The fourth-order valence-electron chi connectivity index (χ4n) is 13.3. The standard InChI is InChI=1S/C27H17F2N3O4S.2C27H17F2N3O2S.C20H12ClF2N3OS.2CH4.6H2/c1-3-4-8-14-35-24(33)16-20(18-10-6-5-7-11-18)23-15-19-17-30-27(37-36-34-2)31-26(19)32(23)25-21(28)12-9-13-22(25)29;2*1-3-4-8-14-34-24(33)16-20(18-10-6-5-7-11-18)23-15-19-17-30-27(35-2)31-26(19)32(23)25-21(28)12-9-13-22(25)29;1-28-20-24-10-11-9-16(18(27)12-5-2-3-6-13(12)21)26(19(11)25-20)17-14(22)7-4-8-15(17)23;;;;;;;;/h5-7,9-13,15-17H,1-2H3;2*5-7,9-13,15-17H,1-2H3;2-10H,1H3;2*1H4;6*1H/b3*20-16-;;;;;;;;;. The molecule has 16 aromatic rings. The molecular weight excluding hydrogens is 1860 g/mol. The molecule has 0 spiro atoms. The van der Waals surface area contributed by atoms with Gasteiger partial charge in [-0.25, -0.2) is 94.3 Å². The van der Waals surface area contributed by atoms with Gasteiger partial charge in [0.05, 0.1) is 34.9 Å². The molecule has 696 valence electrons. The van der Waals surface area contributed by atoms with E-state index >= 15 is 26.3 Å². The summed E-state index contributed by atoms with van der Waals surface area (Å²) in [6.07, 6.45) is 21.8. The smallest absolute Gasteiger partial charge is 0.345 e. The van der Waals surface area contributed by atoms with Gasteiger partial charge in [0.1, 0.15) is 122 Å². The maximum atomic E-state index is 15.1. The van der Waals surface area contributed by atoms with Crippen LogP contribution in [0.3, 0.4) is 0 Å². The predicted octanol–water partition coefficient (Wildman–Crippen LogP) is 24.1. The molecule has 0 amide bonds. The number of ether oxygens (including phenoxy) is 3. The minimum Gasteiger partial charge on any atom is -0.368 e. The van der Waals surface area contributed by atoms with E-state index in [0.29, 0.717) is 81.8 Å². The number of thioether (sulfide) groups is 3. The van der Waals surface area contributed by atoms with E-state index in [2.05, 4.69) is 116 Å². The first kappa shape index (κ1) is 101. The van der Waals surface area contributed by atoms with Gasteiger partial charge in [0.25, 0.3) is 0 Å². The van der Waals surface area contributed by atoms with Crippen LogP contribution in [0.1, 0.15) is 94.0 Å². The Hall–Kier alpha value is -16.1. The van der Waals surface area contributed by atoms with Crippen molar-refractivity contribution in [2.45, 2.75) is 56.3 Å². The second-order valence-corrected chi connectivity index (χ2v) is 30.4. The van der Waals surface area contributed by atoms with Crippen molar-refractivity contribution in [2.75, 3.05) is 25.9 Å². The molecule has 0 aliphatic heterocycles. The van der Waals surface area contributed by atoms with Crippen LogP contribution in [0.5, 0.6) is 0 Å². The molecule has 8 heterocycles. The number of ketones is 1. The molecule has 137 heavy (non-hydrogen) atoms. The monoisotopic (exact) mass is 1950 g/mol. The molecule has 0 atom stereocenters. The molecule has 16 rings (SSSR count). The van der Waals surface area contributed by atoms with Crippen LogP contribution in [-0.2, 0) is 37.8 Å². The first-order valence-electron chi connectivity index (χ1n) is 39.4. The summed E-state index contributed by atoms with van der Waals surface area (Å²) in [6.45, 7) is 4.81. The molecule has 0 unspecified atom stereocenters. The maximum Gasteiger partial charge on any atom is 0.345 e. The highest BCUT2D eigenvalue weighted by atomic mass is 35.5. The highest BCUT2D eigenvalue weighted by molar-refractivity contribution is 7.98. The van der Waals surface area contributed by atoms with Crippen molar-refractivity contribution in [3.8, 4) is 94.4 Å². The molecule has 34 heteroatoms. The number of fused-ring (bicyclic) bond motifs is 4. The van der Waals surface area contributed by atoms with Crippen molar-refractivity contribution >= 4 is 143 Å². The summed E-state index contributed by atoms with van der Waals surface area (Å²) in [5.74, 6) is 13.1. The lowest BCUT2D eigenvalue weighted by atomic mass is 10.0. The third-order valence-corrected chi connectivity index (χ3v) is 21.4. The van der Waals surface area contributed by atoms with E-state index in [0.717, 1.165) is 60.6 Å². The minimum absolute atomic E-state index is 0. The van der Waals surface area contributed by atoms with Crippen molar-refractivity contribution < 1.29 is 86.3 Å². The van der Waals surface area contributed by atoms with Crippen LogP contribution in [0.25, 0.3) is 83.6 Å². The summed E-state index contributed by atoms with van der Waals surface area (Å²) < 4.78 is 144. The number of halogens is 9. The van der Waals surface area contributed by atoms with Gasteiger partial charge in [-0.15, -0.1) is 0 Å². The molecule has 8 aromatic heterocycles. The fourth-order valence-corrected chi connectivity index (χ4v) is 14.8. The molecule has 0 N–H and O–H groups in total. The summed E-state index contributed by atoms with van der Waals surface area (Å²) in [5.41, 5.74) is 3.55. The molecule has 0 aliphatic rings. The third kappa shape index (κ3) is 24.1. The first-order valence-corrected chi connectivity index (χ1v) is 44.2. The number of nitrogens with zero attached hydrogens (tertiary/aromatic N) is 12. The Morgan fingerprint density at radius 3 is 0.898 bits per heavy atom. The number of carbonyl (C=O) groups excluding carboxylic acids is 4. The molecule has 21 nitrogen and oxygen atoms in total. The van der Waals surface area contributed by atoms with E-state index in [9.17, 15) is 28.0 Å². The average molecular weight is 1950 g/mol. The Labute approximate surface area is 811 Å².